The molecule has 0 aliphatic carbocycles. The molecular formula is C10H14N6O2. The fraction of sp³-hybridized carbons (Fsp3) is 0.500. The zero-order valence-electron chi connectivity index (χ0n) is 10.4. The maximum absolute atomic E-state index is 11.8. The van der Waals surface area contributed by atoms with Gasteiger partial charge in [0, 0.05) is 7.05 Å². The fourth-order valence-corrected chi connectivity index (χ4v) is 1.60. The molecule has 0 aliphatic rings. The molecule has 0 spiro atoms. The summed E-state index contributed by atoms with van der Waals surface area (Å²) in [4.78, 5) is 11.8. The van der Waals surface area contributed by atoms with Crippen LogP contribution in [-0.4, -0.2) is 31.0 Å². The van der Waals surface area contributed by atoms with Gasteiger partial charge in [0.1, 0.15) is 17.7 Å². The van der Waals surface area contributed by atoms with Gasteiger partial charge in [-0.3, -0.25) is 4.79 Å². The quantitative estimate of drug-likeness (QED) is 0.815. The highest BCUT2D eigenvalue weighted by Crippen LogP contribution is 2.08. The average molecular weight is 250 g/mol. The molecule has 2 aromatic heterocycles. The monoisotopic (exact) mass is 250 g/mol. The van der Waals surface area contributed by atoms with Crippen LogP contribution >= 0.6 is 0 Å². The molecule has 8 heteroatoms. The van der Waals surface area contributed by atoms with E-state index in [0.29, 0.717) is 17.2 Å². The molecule has 96 valence electrons. The Morgan fingerprint density at radius 2 is 2.33 bits per heavy atom. The van der Waals surface area contributed by atoms with Crippen LogP contribution in [-0.2, 0) is 18.3 Å². The topological polar surface area (TPSA) is 98.7 Å². The van der Waals surface area contributed by atoms with Crippen LogP contribution in [0.15, 0.2) is 11.0 Å². The Morgan fingerprint density at radius 1 is 1.56 bits per heavy atom. The maximum Gasteiger partial charge on any atom is 0.226 e. The van der Waals surface area contributed by atoms with Crippen molar-refractivity contribution in [3.63, 3.8) is 0 Å². The minimum absolute atomic E-state index is 0.136. The molecule has 0 radical (unpaired) electrons. The lowest BCUT2D eigenvalue weighted by atomic mass is 10.2. The fourth-order valence-electron chi connectivity index (χ4n) is 1.60. The number of carbonyl (C=O) groups is 1. The summed E-state index contributed by atoms with van der Waals surface area (Å²) in [6, 6.07) is -0.217. The third-order valence-electron chi connectivity index (χ3n) is 2.59. The Kier molecular flexibility index (Phi) is 3.35. The minimum Gasteiger partial charge on any atom is -0.346 e. The van der Waals surface area contributed by atoms with Gasteiger partial charge in [-0.25, -0.2) is 4.63 Å². The van der Waals surface area contributed by atoms with E-state index in [2.05, 4.69) is 30.5 Å². The van der Waals surface area contributed by atoms with E-state index < -0.39 is 0 Å². The molecule has 1 amide bonds. The minimum atomic E-state index is -0.217. The molecule has 8 nitrogen and oxygen atoms in total. The van der Waals surface area contributed by atoms with Gasteiger partial charge < -0.3 is 9.88 Å². The smallest absolute Gasteiger partial charge is 0.226 e. The summed E-state index contributed by atoms with van der Waals surface area (Å²) in [7, 11) is 1.82. The number of hydrogen-bond donors (Lipinski definition) is 1. The molecule has 0 aromatic carbocycles. The standard InChI is InChI=1S/C10H14N6O2/c1-6-8(15-18-14-6)4-9(17)12-7(2)10-13-11-5-16(10)3/h5,7H,4H2,1-3H3,(H,12,17). The molecule has 1 N–H and O–H groups in total. The number of amides is 1. The average Bonchev–Trinajstić information content (AvgIpc) is 2.88. The first-order valence-electron chi connectivity index (χ1n) is 5.49. The van der Waals surface area contributed by atoms with E-state index in [1.807, 2.05) is 14.0 Å². The highest BCUT2D eigenvalue weighted by molar-refractivity contribution is 5.78. The Bertz CT molecular complexity index is 546. The Balaban J connectivity index is 1.96. The molecule has 2 heterocycles. The summed E-state index contributed by atoms with van der Waals surface area (Å²) in [6.45, 7) is 3.58. The zero-order valence-corrected chi connectivity index (χ0v) is 10.4. The van der Waals surface area contributed by atoms with Gasteiger partial charge in [0.15, 0.2) is 5.82 Å². The third-order valence-corrected chi connectivity index (χ3v) is 2.59. The summed E-state index contributed by atoms with van der Waals surface area (Å²) >= 11 is 0. The second kappa shape index (κ2) is 4.94. The van der Waals surface area contributed by atoms with E-state index in [1.54, 1.807) is 17.8 Å². The van der Waals surface area contributed by atoms with Crippen molar-refractivity contribution >= 4 is 5.91 Å². The molecule has 0 aliphatic heterocycles. The molecule has 0 bridgehead atoms. The summed E-state index contributed by atoms with van der Waals surface area (Å²) < 4.78 is 6.29. The van der Waals surface area contributed by atoms with Crippen molar-refractivity contribution in [2.75, 3.05) is 0 Å². The lowest BCUT2D eigenvalue weighted by Crippen LogP contribution is -2.30. The van der Waals surface area contributed by atoms with Gasteiger partial charge in [0.25, 0.3) is 0 Å². The van der Waals surface area contributed by atoms with E-state index in [0.717, 1.165) is 0 Å². The van der Waals surface area contributed by atoms with E-state index >= 15 is 0 Å². The predicted molar refractivity (Wildman–Crippen MR) is 60.3 cm³/mol. The maximum atomic E-state index is 11.8. The molecule has 2 aromatic rings. The molecule has 18 heavy (non-hydrogen) atoms. The first kappa shape index (κ1) is 12.2. The van der Waals surface area contributed by atoms with Crippen LogP contribution in [0.3, 0.4) is 0 Å². The van der Waals surface area contributed by atoms with Gasteiger partial charge in [-0.1, -0.05) is 10.3 Å². The lowest BCUT2D eigenvalue weighted by Gasteiger charge is -2.12. The van der Waals surface area contributed by atoms with Gasteiger partial charge in [0.05, 0.1) is 12.5 Å². The van der Waals surface area contributed by atoms with Gasteiger partial charge >= 0.3 is 0 Å². The van der Waals surface area contributed by atoms with E-state index in [4.69, 9.17) is 0 Å². The van der Waals surface area contributed by atoms with Gasteiger partial charge in [-0.15, -0.1) is 10.2 Å². The number of nitrogens with one attached hydrogen (secondary N) is 1. The summed E-state index contributed by atoms with van der Waals surface area (Å²) in [6.07, 6.45) is 1.72. The van der Waals surface area contributed by atoms with Crippen molar-refractivity contribution in [1.82, 2.24) is 30.4 Å². The number of hydrogen-bond acceptors (Lipinski definition) is 6. The number of rotatable bonds is 4. The van der Waals surface area contributed by atoms with Crippen LogP contribution < -0.4 is 5.32 Å². The predicted octanol–water partition coefficient (Wildman–Crippen LogP) is -0.0736. The highest BCUT2D eigenvalue weighted by atomic mass is 16.6. The molecule has 1 unspecified atom stereocenters. The van der Waals surface area contributed by atoms with E-state index in [1.165, 1.54) is 0 Å². The Hall–Kier alpha value is -2.25. The van der Waals surface area contributed by atoms with Crippen LogP contribution in [0.25, 0.3) is 0 Å². The van der Waals surface area contributed by atoms with Crippen LogP contribution in [0.5, 0.6) is 0 Å². The first-order valence-corrected chi connectivity index (χ1v) is 5.49. The summed E-state index contributed by atoms with van der Waals surface area (Å²) in [5, 5.41) is 17.8. The number of aromatic nitrogens is 5. The SMILES string of the molecule is Cc1nonc1CC(=O)NC(C)c1nncn1C. The molecule has 1 atom stereocenters. The normalized spacial score (nSPS) is 12.4. The van der Waals surface area contributed by atoms with E-state index in [-0.39, 0.29) is 18.4 Å². The van der Waals surface area contributed by atoms with Gasteiger partial charge in [-0.05, 0) is 13.8 Å². The lowest BCUT2D eigenvalue weighted by molar-refractivity contribution is -0.121. The van der Waals surface area contributed by atoms with Crippen LogP contribution in [0, 0.1) is 6.92 Å². The molecule has 0 saturated heterocycles. The number of aryl methyl sites for hydroxylation is 2. The van der Waals surface area contributed by atoms with Gasteiger partial charge in [-0.2, -0.15) is 0 Å². The number of nitrogens with zero attached hydrogens (tertiary/aromatic N) is 5. The summed E-state index contributed by atoms with van der Waals surface area (Å²) in [5.74, 6) is 0.530. The highest BCUT2D eigenvalue weighted by Gasteiger charge is 2.16. The van der Waals surface area contributed by atoms with E-state index in [9.17, 15) is 4.79 Å². The number of carbonyl (C=O) groups excluding carboxylic acids is 1. The third kappa shape index (κ3) is 2.53. The summed E-state index contributed by atoms with van der Waals surface area (Å²) in [5.41, 5.74) is 1.16. The van der Waals surface area contributed by atoms with Crippen molar-refractivity contribution < 1.29 is 9.42 Å². The van der Waals surface area contributed by atoms with Crippen LogP contribution in [0.1, 0.15) is 30.2 Å². The largest absolute Gasteiger partial charge is 0.346 e. The van der Waals surface area contributed by atoms with Crippen LogP contribution in [0.4, 0.5) is 0 Å². The van der Waals surface area contributed by atoms with Crippen molar-refractivity contribution in [3.8, 4) is 0 Å². The molecule has 0 saturated carbocycles. The van der Waals surface area contributed by atoms with Crippen molar-refractivity contribution in [2.45, 2.75) is 26.3 Å². The molecule has 0 fully saturated rings. The Morgan fingerprint density at radius 3 is 2.89 bits per heavy atom. The Labute approximate surface area is 103 Å². The van der Waals surface area contributed by atoms with Gasteiger partial charge in [0.2, 0.25) is 5.91 Å². The second-order valence-electron chi connectivity index (χ2n) is 4.06. The molecular weight excluding hydrogens is 236 g/mol. The molecule has 2 rings (SSSR count). The second-order valence-corrected chi connectivity index (χ2v) is 4.06. The first-order chi connectivity index (χ1) is 8.58. The van der Waals surface area contributed by atoms with Crippen molar-refractivity contribution in [1.29, 1.82) is 0 Å². The zero-order chi connectivity index (χ0) is 13.1. The van der Waals surface area contributed by atoms with Crippen LogP contribution in [0.2, 0.25) is 0 Å². The van der Waals surface area contributed by atoms with Crippen molar-refractivity contribution in [3.05, 3.63) is 23.5 Å². The van der Waals surface area contributed by atoms with Crippen molar-refractivity contribution in [2.24, 2.45) is 7.05 Å².